The first-order valence-corrected chi connectivity index (χ1v) is 44.7. The van der Waals surface area contributed by atoms with Crippen LogP contribution in [0.2, 0.25) is 5.15 Å². The predicted molar refractivity (Wildman–Crippen MR) is 489 cm³/mol. The summed E-state index contributed by atoms with van der Waals surface area (Å²) >= 11 is 23.6. The van der Waals surface area contributed by atoms with E-state index in [1.807, 2.05) is 150 Å². The Hall–Kier alpha value is -10.5. The van der Waals surface area contributed by atoms with Crippen molar-refractivity contribution in [3.05, 3.63) is 201 Å². The number of unbranched alkanes of at least 4 members (excludes halogenated alkanes) is 3. The molecule has 0 spiro atoms. The molecule has 128 heavy (non-hydrogen) atoms. The molecule has 0 radical (unpaired) electrons. The number of H-pyrrole nitrogens is 1. The van der Waals surface area contributed by atoms with Gasteiger partial charge in [0.15, 0.2) is 5.96 Å². The number of hydrogen-bond donors (Lipinski definition) is 7. The molecular formula is C87H119BrCl4N14NaO20P. The Kier molecular flexibility index (Phi) is 74.9. The van der Waals surface area contributed by atoms with Gasteiger partial charge in [-0.15, -0.1) is 0 Å². The van der Waals surface area contributed by atoms with E-state index in [9.17, 15) is 28.5 Å². The van der Waals surface area contributed by atoms with E-state index in [4.69, 9.17) is 123 Å². The SMILES string of the molecule is CCCCC(=O)CC(=O)OCC.CCCCN.N=C(N)N.O=C=O.O=C=O.O=C=O.O=C=O.O=P(Cl)(Cl)Cl.[C-]#[N+]C(C)(C)c1ccc(OC)c(CBr)c1.[C-]#[N+]C(C)(C)c1ccc(OC)c(CC(C(=O)CCCC)C(=O)OCC)c1.[C-]#[N+]C(C)(C)c1ccc(OC)c(Cc2c(CC)nc(N)[nH]c2=O)c1.[C-]#[N+]C(C)(C)c1ccc(OC)c(Cc2c(Cl)nc(N)nc2CC)c1.[H-].[Na+]. The van der Waals surface area contributed by atoms with Crippen molar-refractivity contribution >= 4 is 132 Å². The molecule has 2 aromatic heterocycles. The average molecular weight is 1960 g/mol. The van der Waals surface area contributed by atoms with Crippen molar-refractivity contribution in [2.45, 2.75) is 221 Å². The van der Waals surface area contributed by atoms with Crippen molar-refractivity contribution in [2.24, 2.45) is 23.1 Å². The van der Waals surface area contributed by atoms with Crippen LogP contribution < -0.4 is 82.7 Å². The summed E-state index contributed by atoms with van der Waals surface area (Å²) in [5.41, 5.74) is 32.9. The van der Waals surface area contributed by atoms with Crippen LogP contribution in [0.4, 0.5) is 11.9 Å². The largest absolute Gasteiger partial charge is 1.00 e. The van der Waals surface area contributed by atoms with Crippen molar-refractivity contribution in [1.82, 2.24) is 19.9 Å². The van der Waals surface area contributed by atoms with E-state index in [0.717, 1.165) is 105 Å². The number of alkyl halides is 1. The van der Waals surface area contributed by atoms with Gasteiger partial charge in [-0.3, -0.25) is 38.9 Å². The predicted octanol–water partition coefficient (Wildman–Crippen LogP) is 13.6. The summed E-state index contributed by atoms with van der Waals surface area (Å²) in [6.45, 7) is 59.3. The molecule has 0 saturated heterocycles. The molecule has 0 fully saturated rings. The van der Waals surface area contributed by atoms with Gasteiger partial charge in [-0.25, -0.2) is 41.2 Å². The second kappa shape index (κ2) is 73.4. The maximum absolute atomic E-state index is 12.6. The fourth-order valence-electron chi connectivity index (χ4n) is 10.2. The van der Waals surface area contributed by atoms with Crippen molar-refractivity contribution in [3.63, 3.8) is 0 Å². The zero-order valence-corrected chi connectivity index (χ0v) is 83.8. The monoisotopic (exact) mass is 1950 g/mol. The Morgan fingerprint density at radius 1 is 0.555 bits per heavy atom. The molecule has 0 saturated carbocycles. The smallest absolute Gasteiger partial charge is 1.00 e. The molecule has 41 heteroatoms. The number of ether oxygens (including phenoxy) is 6. The summed E-state index contributed by atoms with van der Waals surface area (Å²) in [7, 11) is 6.42. The molecule has 2 heterocycles. The van der Waals surface area contributed by atoms with Crippen LogP contribution in [0.5, 0.6) is 23.0 Å². The fraction of sp³-hybridized carbons (Fsp3) is 0.483. The van der Waals surface area contributed by atoms with Crippen LogP contribution in [0.15, 0.2) is 77.6 Å². The maximum atomic E-state index is 12.6. The van der Waals surface area contributed by atoms with Crippen LogP contribution in [0.1, 0.15) is 230 Å². The first kappa shape index (κ1) is 131. The summed E-state index contributed by atoms with van der Waals surface area (Å²) in [5, 5.41) is 3.93. The van der Waals surface area contributed by atoms with Crippen LogP contribution >= 0.6 is 66.5 Å². The zero-order chi connectivity index (χ0) is 99.5. The Morgan fingerprint density at radius 3 is 1.19 bits per heavy atom. The van der Waals surface area contributed by atoms with Gasteiger partial charge in [0.2, 0.25) is 11.9 Å². The molecule has 1 unspecified atom stereocenters. The summed E-state index contributed by atoms with van der Waals surface area (Å²) in [6.07, 6.45) is 10.1. The molecule has 0 aliphatic carbocycles. The summed E-state index contributed by atoms with van der Waals surface area (Å²) < 4.78 is 40.8. The van der Waals surface area contributed by atoms with E-state index in [2.05, 4.69) is 112 Å². The number of guanidine groups is 1. The van der Waals surface area contributed by atoms with Crippen molar-refractivity contribution in [3.8, 4) is 23.0 Å². The van der Waals surface area contributed by atoms with Crippen molar-refractivity contribution < 1.29 is 122 Å². The number of nitrogens with zero attached hydrogens (tertiary/aromatic N) is 7. The van der Waals surface area contributed by atoms with Gasteiger partial charge >= 0.3 is 71.3 Å². The molecule has 0 aliphatic heterocycles. The number of nitrogen functional groups attached to an aromatic ring is 2. The first-order valence-electron chi connectivity index (χ1n) is 38.8. The summed E-state index contributed by atoms with van der Waals surface area (Å²) in [6, 6.07) is 22.8. The number of anilines is 2. The van der Waals surface area contributed by atoms with Gasteiger partial charge in [-0.1, -0.05) is 81.4 Å². The van der Waals surface area contributed by atoms with E-state index >= 15 is 0 Å². The number of carbonyl (C=O) groups excluding carboxylic acids is 12. The van der Waals surface area contributed by atoms with Crippen LogP contribution in [0, 0.1) is 37.6 Å². The second-order valence-corrected chi connectivity index (χ2v) is 35.2. The number of aryl methyl sites for hydroxylation is 2. The molecule has 1 atom stereocenters. The van der Waals surface area contributed by atoms with Crippen LogP contribution in [-0.4, -0.2) is 122 Å². The Morgan fingerprint density at radius 2 is 0.875 bits per heavy atom. The third kappa shape index (κ3) is 56.6. The minimum absolute atomic E-state index is 0. The number of rotatable bonds is 31. The second-order valence-electron chi connectivity index (χ2n) is 27.7. The minimum Gasteiger partial charge on any atom is -1.00 e. The van der Waals surface area contributed by atoms with Crippen LogP contribution in [-0.2, 0) is 131 Å². The van der Waals surface area contributed by atoms with E-state index in [-0.39, 0.29) is 110 Å². The molecule has 4 aromatic carbocycles. The number of nitrogens with two attached hydrogens (primary N) is 5. The zero-order valence-electron chi connectivity index (χ0n) is 77.3. The van der Waals surface area contributed by atoms with Gasteiger partial charge in [0.1, 0.15) is 52.1 Å². The number of carbonyl (C=O) groups is 4. The van der Waals surface area contributed by atoms with Gasteiger partial charge in [0, 0.05) is 125 Å². The van der Waals surface area contributed by atoms with Gasteiger partial charge in [-0.05, 0) is 182 Å². The summed E-state index contributed by atoms with van der Waals surface area (Å²) in [5.74, 6) is 0.977. The number of halogens is 5. The Balaban J connectivity index is -0.000000223. The Labute approximate surface area is 801 Å². The van der Waals surface area contributed by atoms with Gasteiger partial charge in [-0.2, -0.15) is 38.4 Å². The molecule has 34 nitrogen and oxygen atoms in total. The number of benzene rings is 4. The van der Waals surface area contributed by atoms with E-state index in [1.165, 1.54) is 12.8 Å². The van der Waals surface area contributed by atoms with E-state index in [0.29, 0.717) is 73.0 Å². The topological polar surface area (TPSA) is 520 Å². The summed E-state index contributed by atoms with van der Waals surface area (Å²) in [4.78, 5) is 154. The maximum Gasteiger partial charge on any atom is 1.00 e. The van der Waals surface area contributed by atoms with Crippen molar-refractivity contribution in [1.29, 1.82) is 5.41 Å². The van der Waals surface area contributed by atoms with Gasteiger partial charge in [0.05, 0.1) is 53.0 Å². The van der Waals surface area contributed by atoms with Gasteiger partial charge in [0.25, 0.3) is 27.7 Å². The number of nitrogens with one attached hydrogen (secondary N) is 2. The van der Waals surface area contributed by atoms with E-state index < -0.39 is 45.2 Å². The molecule has 6 aromatic rings. The fourth-order valence-corrected chi connectivity index (χ4v) is 10.9. The molecule has 0 amide bonds. The number of aromatic amines is 1. The normalized spacial score (nSPS) is 10.0. The van der Waals surface area contributed by atoms with Gasteiger partial charge < -0.3 is 77.9 Å². The molecule has 0 bridgehead atoms. The minimum atomic E-state index is -3.22. The molecule has 698 valence electrons. The number of hydrogen-bond acceptors (Lipinski definition) is 27. The number of aromatic nitrogens is 4. The van der Waals surface area contributed by atoms with Crippen molar-refractivity contribution in [2.75, 3.05) is 59.7 Å². The molecular weight excluding hydrogens is 1840 g/mol. The molecule has 0 aliphatic rings. The van der Waals surface area contributed by atoms with E-state index in [1.54, 1.807) is 48.4 Å². The molecule has 12 N–H and O–H groups in total. The Bertz CT molecular complexity index is 4780. The third-order valence-corrected chi connectivity index (χ3v) is 17.9. The standard InChI is InChI=1S/C21H29NO4.C18H21ClN4O.C18H22N4O2.C12H14BrNO.C9H16O3.C4H11N.CH5N3.4CO2.Cl3OP.Na.H/c1-7-9-10-18(23)17(20(24)26-8-2)14-15-13-16(21(3,4)22-5)11-12-19(15)25-6;1-6-14-13(16(19)23-17(20)22-14)10-11-9-12(18(2,3)21-4)7-8-15(11)24-5;1-6-14-13(16(23)22-17(19)21-14)10-11-9-12(18(2,3)20-4)7-8-15(11)24-5;1-12(2,14-3)10-5-6-11(15-4)9(7-10)8-13;1-3-5-6-8(10)7-9(11)12-4-2;1-2-3-4-5;2-1(3)4;4*2-1-3;1-5(2,3)4;;/h11-13,17H,7-10,14H2,1-4,6H3;7-9H,6,10H2,1-3,5H3,(H2,20,22,23);7-9H,6,10H2,1-3,5H3,(H3,19,21,22,23);5-7H,8H2,1-2,4H3;3-7H2,1-2H3;2-5H2,1H3;(H5,2,3,4);;;;;;;/q;;;;;;;;;;;;+1;-1. The van der Waals surface area contributed by atoms with Crippen LogP contribution in [0.3, 0.4) is 0 Å². The quantitative estimate of drug-likeness (QED) is 0.00245. The number of Topliss-reactive ketones (excluding diaryl/α,β-unsaturated/α-hetero) is 2. The molecule has 6 rings (SSSR count). The average Bonchev–Trinajstić information content (AvgIpc) is 0.814. The number of esters is 2. The third-order valence-electron chi connectivity index (χ3n) is 17.0. The number of ketones is 2. The number of methoxy groups -OCH3 is 4. The first-order chi connectivity index (χ1) is 59.5. The van der Waals surface area contributed by atoms with Crippen LogP contribution in [0.25, 0.3) is 19.4 Å².